The molecule has 148 valence electrons. The van der Waals surface area contributed by atoms with Crippen molar-refractivity contribution in [3.05, 3.63) is 58.0 Å². The molecule has 1 aromatic carbocycles. The Kier molecular flexibility index (Phi) is 5.08. The number of hydrogen-bond donors (Lipinski definition) is 0. The average Bonchev–Trinajstić information content (AvgIpc) is 3.33. The number of ether oxygens (including phenoxy) is 2. The fourth-order valence-corrected chi connectivity index (χ4v) is 3.69. The summed E-state index contributed by atoms with van der Waals surface area (Å²) in [6.07, 6.45) is 1.00. The van der Waals surface area contributed by atoms with Gasteiger partial charge in [-0.25, -0.2) is 8.78 Å². The van der Waals surface area contributed by atoms with E-state index in [1.807, 2.05) is 0 Å². The molecule has 0 saturated carbocycles. The molecule has 0 aliphatic carbocycles. The number of nitrogens with zero attached hydrogens (tertiary/aromatic N) is 3. The van der Waals surface area contributed by atoms with Crippen molar-refractivity contribution in [1.82, 2.24) is 4.98 Å². The van der Waals surface area contributed by atoms with Crippen LogP contribution in [-0.2, 0) is 4.74 Å². The highest BCUT2D eigenvalue weighted by Gasteiger charge is 2.36. The van der Waals surface area contributed by atoms with Crippen molar-refractivity contribution in [1.29, 1.82) is 0 Å². The maximum atomic E-state index is 14.3. The molecule has 3 heterocycles. The summed E-state index contributed by atoms with van der Waals surface area (Å²) in [4.78, 5) is 15.8. The molecule has 0 bridgehead atoms. The molecule has 2 aromatic rings. The topological polar surface area (TPSA) is 77.7 Å². The second-order valence-corrected chi connectivity index (χ2v) is 6.92. The molecule has 7 nitrogen and oxygen atoms in total. The molecule has 3 atom stereocenters. The quantitative estimate of drug-likeness (QED) is 0.573. The van der Waals surface area contributed by atoms with E-state index in [9.17, 15) is 18.9 Å². The first-order valence-corrected chi connectivity index (χ1v) is 9.06. The van der Waals surface area contributed by atoms with Crippen molar-refractivity contribution in [2.24, 2.45) is 0 Å². The Hall–Kier alpha value is -2.81. The molecule has 1 unspecified atom stereocenters. The van der Waals surface area contributed by atoms with Crippen LogP contribution in [0.2, 0.25) is 0 Å². The number of pyridine rings is 1. The Morgan fingerprint density at radius 1 is 1.32 bits per heavy atom. The van der Waals surface area contributed by atoms with E-state index in [0.29, 0.717) is 30.2 Å². The number of benzene rings is 1. The molecule has 0 amide bonds. The molecule has 9 heteroatoms. The Bertz CT molecular complexity index is 859. The smallest absolute Gasteiger partial charge is 0.363 e. The van der Waals surface area contributed by atoms with Gasteiger partial charge >= 0.3 is 5.82 Å². The zero-order valence-electron chi connectivity index (χ0n) is 15.0. The number of nitro groups is 1. The third-order valence-corrected chi connectivity index (χ3v) is 5.01. The monoisotopic (exact) mass is 391 g/mol. The number of anilines is 1. The molecular weight excluding hydrogens is 372 g/mol. The van der Waals surface area contributed by atoms with Crippen molar-refractivity contribution < 1.29 is 23.2 Å². The van der Waals surface area contributed by atoms with Crippen LogP contribution in [0.1, 0.15) is 24.4 Å². The second kappa shape index (κ2) is 7.67. The normalized spacial score (nSPS) is 24.5. The van der Waals surface area contributed by atoms with E-state index in [-0.39, 0.29) is 24.9 Å². The van der Waals surface area contributed by atoms with E-state index < -0.39 is 23.0 Å². The van der Waals surface area contributed by atoms with E-state index >= 15 is 0 Å². The SMILES string of the molecule is O=[N+]([O-])c1ccc(N2C[C@@H](F)C[C@@H]2c2cc(F)ccc2OC2CCOC2)cn1. The van der Waals surface area contributed by atoms with Gasteiger partial charge in [0, 0.05) is 24.5 Å². The summed E-state index contributed by atoms with van der Waals surface area (Å²) in [6.45, 7) is 1.16. The number of rotatable bonds is 5. The lowest BCUT2D eigenvalue weighted by Gasteiger charge is -2.28. The van der Waals surface area contributed by atoms with E-state index in [4.69, 9.17) is 9.47 Å². The van der Waals surface area contributed by atoms with Gasteiger partial charge in [0.25, 0.3) is 0 Å². The molecule has 2 aliphatic heterocycles. The molecule has 2 saturated heterocycles. The van der Waals surface area contributed by atoms with Gasteiger partial charge in [0.05, 0.1) is 31.5 Å². The molecule has 0 radical (unpaired) electrons. The van der Waals surface area contributed by atoms with Crippen LogP contribution < -0.4 is 9.64 Å². The maximum Gasteiger partial charge on any atom is 0.363 e. The van der Waals surface area contributed by atoms with Crippen LogP contribution in [-0.4, -0.2) is 41.9 Å². The van der Waals surface area contributed by atoms with Gasteiger partial charge in [-0.15, -0.1) is 0 Å². The highest BCUT2D eigenvalue weighted by atomic mass is 19.1. The zero-order chi connectivity index (χ0) is 19.7. The predicted octanol–water partition coefficient (Wildman–Crippen LogP) is 3.59. The zero-order valence-corrected chi connectivity index (χ0v) is 15.0. The van der Waals surface area contributed by atoms with Crippen molar-refractivity contribution >= 4 is 11.5 Å². The lowest BCUT2D eigenvalue weighted by Crippen LogP contribution is -2.25. The summed E-state index contributed by atoms with van der Waals surface area (Å²) in [7, 11) is 0. The van der Waals surface area contributed by atoms with Crippen LogP contribution >= 0.6 is 0 Å². The molecule has 4 rings (SSSR count). The largest absolute Gasteiger partial charge is 0.488 e. The molecule has 2 aliphatic rings. The lowest BCUT2D eigenvalue weighted by molar-refractivity contribution is -0.389. The van der Waals surface area contributed by atoms with E-state index in [2.05, 4.69) is 4.98 Å². The van der Waals surface area contributed by atoms with Gasteiger partial charge < -0.3 is 24.5 Å². The van der Waals surface area contributed by atoms with Gasteiger partial charge in [-0.3, -0.25) is 0 Å². The Morgan fingerprint density at radius 2 is 2.18 bits per heavy atom. The first-order valence-electron chi connectivity index (χ1n) is 9.06. The Morgan fingerprint density at radius 3 is 2.86 bits per heavy atom. The fourth-order valence-electron chi connectivity index (χ4n) is 3.69. The summed E-state index contributed by atoms with van der Waals surface area (Å²) in [6, 6.07) is 6.57. The Balaban J connectivity index is 1.66. The van der Waals surface area contributed by atoms with Gasteiger partial charge in [0.1, 0.15) is 23.8 Å². The third kappa shape index (κ3) is 3.75. The van der Waals surface area contributed by atoms with Crippen LogP contribution in [0, 0.1) is 15.9 Å². The summed E-state index contributed by atoms with van der Waals surface area (Å²) < 4.78 is 39.6. The van der Waals surface area contributed by atoms with Crippen LogP contribution in [0.3, 0.4) is 0 Å². The molecule has 0 N–H and O–H groups in total. The minimum atomic E-state index is -1.12. The highest BCUT2D eigenvalue weighted by molar-refractivity contribution is 5.53. The highest BCUT2D eigenvalue weighted by Crippen LogP contribution is 2.41. The average molecular weight is 391 g/mol. The number of hydrogen-bond acceptors (Lipinski definition) is 6. The maximum absolute atomic E-state index is 14.3. The minimum Gasteiger partial charge on any atom is -0.488 e. The molecule has 28 heavy (non-hydrogen) atoms. The molecule has 2 fully saturated rings. The Labute approximate surface area is 160 Å². The van der Waals surface area contributed by atoms with E-state index in [1.54, 1.807) is 11.0 Å². The van der Waals surface area contributed by atoms with E-state index in [1.165, 1.54) is 30.5 Å². The van der Waals surface area contributed by atoms with Gasteiger partial charge in [0.15, 0.2) is 6.20 Å². The number of alkyl halides is 1. The van der Waals surface area contributed by atoms with E-state index in [0.717, 1.165) is 6.42 Å². The van der Waals surface area contributed by atoms with Crippen LogP contribution in [0.4, 0.5) is 20.3 Å². The van der Waals surface area contributed by atoms with Crippen LogP contribution in [0.25, 0.3) is 0 Å². The number of aromatic nitrogens is 1. The van der Waals surface area contributed by atoms with Gasteiger partial charge in [-0.05, 0) is 34.2 Å². The first-order chi connectivity index (χ1) is 13.5. The lowest BCUT2D eigenvalue weighted by atomic mass is 10.0. The summed E-state index contributed by atoms with van der Waals surface area (Å²) in [5.41, 5.74) is 1.08. The second-order valence-electron chi connectivity index (χ2n) is 6.92. The van der Waals surface area contributed by atoms with Crippen LogP contribution in [0.15, 0.2) is 36.5 Å². The predicted molar refractivity (Wildman–Crippen MR) is 96.7 cm³/mol. The van der Waals surface area contributed by atoms with Crippen molar-refractivity contribution in [3.8, 4) is 5.75 Å². The summed E-state index contributed by atoms with van der Waals surface area (Å²) in [5.74, 6) is -0.225. The molecule has 1 aromatic heterocycles. The van der Waals surface area contributed by atoms with Gasteiger partial charge in [0.2, 0.25) is 0 Å². The number of halogens is 2. The summed E-state index contributed by atoms with van der Waals surface area (Å²) in [5, 5.41) is 10.8. The third-order valence-electron chi connectivity index (χ3n) is 5.01. The van der Waals surface area contributed by atoms with Gasteiger partial charge in [-0.2, -0.15) is 0 Å². The standard InChI is InChI=1S/C19H19F2N3O4/c20-12-1-3-18(28-15-5-6-27-11-15)16(7-12)17-8-13(21)10-23(17)14-2-4-19(22-9-14)24(25)26/h1-4,7,9,13,15,17H,5-6,8,10-11H2/t13-,15?,17+/m0/s1. The van der Waals surface area contributed by atoms with Crippen LogP contribution in [0.5, 0.6) is 5.75 Å². The minimum absolute atomic E-state index is 0.0899. The molecular formula is C19H19F2N3O4. The van der Waals surface area contributed by atoms with Gasteiger partial charge in [-0.1, -0.05) is 0 Å². The van der Waals surface area contributed by atoms with Crippen molar-refractivity contribution in [2.75, 3.05) is 24.7 Å². The molecule has 0 spiro atoms. The van der Waals surface area contributed by atoms with Crippen molar-refractivity contribution in [2.45, 2.75) is 31.2 Å². The van der Waals surface area contributed by atoms with Crippen molar-refractivity contribution in [3.63, 3.8) is 0 Å². The first kappa shape index (κ1) is 18.5. The summed E-state index contributed by atoms with van der Waals surface area (Å²) >= 11 is 0. The fraction of sp³-hybridized carbons (Fsp3) is 0.421.